The third-order valence-corrected chi connectivity index (χ3v) is 6.34. The molecule has 0 fully saturated rings. The van der Waals surface area contributed by atoms with E-state index in [-0.39, 0.29) is 23.3 Å². The average Bonchev–Trinajstić information content (AvgIpc) is 2.83. The van der Waals surface area contributed by atoms with Gasteiger partial charge in [-0.3, -0.25) is 9.59 Å². The Hall–Kier alpha value is -3.36. The predicted molar refractivity (Wildman–Crippen MR) is 131 cm³/mol. The van der Waals surface area contributed by atoms with E-state index in [0.717, 1.165) is 20.8 Å². The number of nitrogens with one attached hydrogen (secondary N) is 2. The van der Waals surface area contributed by atoms with Crippen molar-refractivity contribution in [1.29, 1.82) is 0 Å². The number of nitrogens with zero attached hydrogens (tertiary/aromatic N) is 2. The Bertz CT molecular complexity index is 1120. The number of thioether (sulfide) groups is 2. The number of pyridine rings is 2. The van der Waals surface area contributed by atoms with Crippen LogP contribution in [0.3, 0.4) is 0 Å². The smallest absolute Gasteiger partial charge is 0.234 e. The van der Waals surface area contributed by atoms with Crippen LogP contribution in [-0.2, 0) is 9.59 Å². The molecule has 2 aromatic heterocycles. The number of carbonyl (C=O) groups is 2. The number of carbonyl (C=O) groups excluding carboxylic acids is 2. The highest BCUT2D eigenvalue weighted by atomic mass is 32.2. The van der Waals surface area contributed by atoms with Crippen LogP contribution in [0.5, 0.6) is 0 Å². The Morgan fingerprint density at radius 2 is 1.09 bits per heavy atom. The molecule has 8 heteroatoms. The molecule has 0 aliphatic rings. The summed E-state index contributed by atoms with van der Waals surface area (Å²) in [5.41, 5.74) is 1.40. The van der Waals surface area contributed by atoms with Crippen molar-refractivity contribution in [2.24, 2.45) is 0 Å². The summed E-state index contributed by atoms with van der Waals surface area (Å²) >= 11 is 2.76. The quantitative estimate of drug-likeness (QED) is 0.356. The summed E-state index contributed by atoms with van der Waals surface area (Å²) in [6.45, 7) is 0. The van der Waals surface area contributed by atoms with E-state index in [0.29, 0.717) is 11.4 Å². The molecule has 0 atom stereocenters. The first-order valence-corrected chi connectivity index (χ1v) is 11.9. The SMILES string of the molecule is O=C(CSc1ccccn1)Nc1cccc2c(NC(=O)CSc3ccccn3)cccc12. The molecule has 0 spiro atoms. The molecule has 0 saturated heterocycles. The first-order chi connectivity index (χ1) is 15.7. The lowest BCUT2D eigenvalue weighted by Gasteiger charge is -2.12. The predicted octanol–water partition coefficient (Wildman–Crippen LogP) is 5.09. The first kappa shape index (κ1) is 21.9. The van der Waals surface area contributed by atoms with Crippen LogP contribution in [0.15, 0.2) is 95.2 Å². The Kier molecular flexibility index (Phi) is 7.37. The summed E-state index contributed by atoms with van der Waals surface area (Å²) in [5.74, 6) is 0.284. The fraction of sp³-hybridized carbons (Fsp3) is 0.0833. The van der Waals surface area contributed by atoms with Gasteiger partial charge in [0.15, 0.2) is 0 Å². The van der Waals surface area contributed by atoms with Gasteiger partial charge >= 0.3 is 0 Å². The van der Waals surface area contributed by atoms with Crippen molar-refractivity contribution in [2.75, 3.05) is 22.1 Å². The number of benzene rings is 2. The zero-order chi connectivity index (χ0) is 22.2. The second kappa shape index (κ2) is 10.8. The molecule has 0 saturated carbocycles. The molecule has 0 radical (unpaired) electrons. The second-order valence-corrected chi connectivity index (χ2v) is 8.71. The Morgan fingerprint density at radius 1 is 0.625 bits per heavy atom. The summed E-state index contributed by atoms with van der Waals surface area (Å²) in [6, 6.07) is 22.5. The van der Waals surface area contributed by atoms with Gasteiger partial charge in [0.25, 0.3) is 0 Å². The highest BCUT2D eigenvalue weighted by Crippen LogP contribution is 2.30. The highest BCUT2D eigenvalue weighted by Gasteiger charge is 2.11. The maximum atomic E-state index is 12.5. The number of anilines is 2. The molecule has 4 aromatic rings. The molecule has 4 rings (SSSR count). The van der Waals surface area contributed by atoms with Gasteiger partial charge in [0.05, 0.1) is 21.6 Å². The van der Waals surface area contributed by atoms with Crippen LogP contribution in [0.1, 0.15) is 0 Å². The number of aromatic nitrogens is 2. The van der Waals surface area contributed by atoms with Crippen molar-refractivity contribution < 1.29 is 9.59 Å². The lowest BCUT2D eigenvalue weighted by Crippen LogP contribution is -2.15. The molecule has 0 bridgehead atoms. The number of amides is 2. The van der Waals surface area contributed by atoms with Gasteiger partial charge in [0.2, 0.25) is 11.8 Å². The van der Waals surface area contributed by atoms with Crippen LogP contribution in [0, 0.1) is 0 Å². The van der Waals surface area contributed by atoms with Crippen LogP contribution in [0.25, 0.3) is 10.8 Å². The minimum Gasteiger partial charge on any atom is -0.325 e. The maximum Gasteiger partial charge on any atom is 0.234 e. The van der Waals surface area contributed by atoms with Crippen LogP contribution >= 0.6 is 23.5 Å². The minimum absolute atomic E-state index is 0.116. The van der Waals surface area contributed by atoms with Crippen molar-refractivity contribution >= 4 is 57.5 Å². The van der Waals surface area contributed by atoms with Gasteiger partial charge in [0.1, 0.15) is 0 Å². The molecule has 6 nitrogen and oxygen atoms in total. The monoisotopic (exact) mass is 460 g/mol. The van der Waals surface area contributed by atoms with E-state index in [1.165, 1.54) is 23.5 Å². The van der Waals surface area contributed by atoms with Crippen molar-refractivity contribution in [3.63, 3.8) is 0 Å². The van der Waals surface area contributed by atoms with Gasteiger partial charge in [0, 0.05) is 34.5 Å². The van der Waals surface area contributed by atoms with Crippen LogP contribution < -0.4 is 10.6 Å². The van der Waals surface area contributed by atoms with Gasteiger partial charge in [-0.15, -0.1) is 0 Å². The molecule has 2 heterocycles. The van der Waals surface area contributed by atoms with Gasteiger partial charge in [-0.2, -0.15) is 0 Å². The Labute approximate surface area is 194 Å². The van der Waals surface area contributed by atoms with Gasteiger partial charge in [-0.1, -0.05) is 59.9 Å². The fourth-order valence-corrected chi connectivity index (χ4v) is 4.37. The average molecular weight is 461 g/mol. The van der Waals surface area contributed by atoms with E-state index < -0.39 is 0 Å². The topological polar surface area (TPSA) is 84.0 Å². The Morgan fingerprint density at radius 3 is 1.50 bits per heavy atom. The zero-order valence-electron chi connectivity index (χ0n) is 17.0. The number of fused-ring (bicyclic) bond motifs is 1. The summed E-state index contributed by atoms with van der Waals surface area (Å²) in [7, 11) is 0. The molecule has 0 aliphatic carbocycles. The first-order valence-electron chi connectivity index (χ1n) is 9.88. The van der Waals surface area contributed by atoms with E-state index in [2.05, 4.69) is 20.6 Å². The van der Waals surface area contributed by atoms with E-state index >= 15 is 0 Å². The molecule has 2 N–H and O–H groups in total. The van der Waals surface area contributed by atoms with Crippen molar-refractivity contribution in [3.05, 3.63) is 85.2 Å². The molecule has 2 amide bonds. The standard InChI is InChI=1S/C24H20N4O2S2/c29-21(15-31-23-11-1-3-13-25-23)27-19-9-5-8-18-17(19)7-6-10-20(18)28-22(30)16-32-24-12-2-4-14-26-24/h1-14H,15-16H2,(H,27,29)(H,28,30). The number of hydrogen-bond donors (Lipinski definition) is 2. The van der Waals surface area contributed by atoms with Crippen molar-refractivity contribution in [2.45, 2.75) is 10.1 Å². The highest BCUT2D eigenvalue weighted by molar-refractivity contribution is 8.00. The molecule has 160 valence electrons. The third kappa shape index (κ3) is 5.87. The van der Waals surface area contributed by atoms with Gasteiger partial charge in [-0.25, -0.2) is 9.97 Å². The van der Waals surface area contributed by atoms with Gasteiger partial charge in [-0.05, 0) is 36.4 Å². The molecular formula is C24H20N4O2S2. The van der Waals surface area contributed by atoms with E-state index in [9.17, 15) is 9.59 Å². The zero-order valence-corrected chi connectivity index (χ0v) is 18.7. The molecule has 0 unspecified atom stereocenters. The van der Waals surface area contributed by atoms with Crippen molar-refractivity contribution in [1.82, 2.24) is 9.97 Å². The van der Waals surface area contributed by atoms with Gasteiger partial charge < -0.3 is 10.6 Å². The van der Waals surface area contributed by atoms with E-state index in [1.807, 2.05) is 72.8 Å². The van der Waals surface area contributed by atoms with Crippen molar-refractivity contribution in [3.8, 4) is 0 Å². The Balaban J connectivity index is 1.42. The summed E-state index contributed by atoms with van der Waals surface area (Å²) in [5, 5.41) is 9.26. The lowest BCUT2D eigenvalue weighted by molar-refractivity contribution is -0.114. The molecule has 2 aromatic carbocycles. The number of hydrogen-bond acceptors (Lipinski definition) is 6. The van der Waals surface area contributed by atoms with E-state index in [1.54, 1.807) is 12.4 Å². The third-order valence-electron chi connectivity index (χ3n) is 4.45. The van der Waals surface area contributed by atoms with E-state index in [4.69, 9.17) is 0 Å². The summed E-state index contributed by atoms with van der Waals surface area (Å²) in [6.07, 6.45) is 3.41. The second-order valence-electron chi connectivity index (χ2n) is 6.72. The molecular weight excluding hydrogens is 440 g/mol. The fourth-order valence-electron chi connectivity index (χ4n) is 3.04. The minimum atomic E-state index is -0.116. The van der Waals surface area contributed by atoms with Crippen LogP contribution in [-0.4, -0.2) is 33.3 Å². The maximum absolute atomic E-state index is 12.5. The normalized spacial score (nSPS) is 10.6. The largest absolute Gasteiger partial charge is 0.325 e. The molecule has 32 heavy (non-hydrogen) atoms. The number of rotatable bonds is 8. The van der Waals surface area contributed by atoms with Crippen LogP contribution in [0.4, 0.5) is 11.4 Å². The summed E-state index contributed by atoms with van der Waals surface area (Å²) < 4.78 is 0. The molecule has 0 aliphatic heterocycles. The lowest BCUT2D eigenvalue weighted by atomic mass is 10.1. The van der Waals surface area contributed by atoms with Crippen LogP contribution in [0.2, 0.25) is 0 Å². The summed E-state index contributed by atoms with van der Waals surface area (Å²) in [4.78, 5) is 33.4.